The Balaban J connectivity index is 0.000001000. The largest absolute Gasteiger partial charge is 0.313 e. The van der Waals surface area contributed by atoms with Gasteiger partial charge in [-0.3, -0.25) is 0 Å². The van der Waals surface area contributed by atoms with Crippen LogP contribution in [0.15, 0.2) is 30.3 Å². The summed E-state index contributed by atoms with van der Waals surface area (Å²) >= 11 is 0. The van der Waals surface area contributed by atoms with Crippen LogP contribution in [0.2, 0.25) is 0 Å². The van der Waals surface area contributed by atoms with E-state index in [4.69, 9.17) is 0 Å². The molecule has 0 heterocycles. The summed E-state index contributed by atoms with van der Waals surface area (Å²) in [5, 5.41) is 3.26. The van der Waals surface area contributed by atoms with Crippen LogP contribution in [0, 0.1) is 0 Å². The van der Waals surface area contributed by atoms with Gasteiger partial charge in [-0.25, -0.2) is 0 Å². The van der Waals surface area contributed by atoms with E-state index in [0.717, 1.165) is 13.1 Å². The predicted octanol–water partition coefficient (Wildman–Crippen LogP) is 1.42. The molecule has 0 aromatic heterocycles. The fourth-order valence-electron chi connectivity index (χ4n) is 0.865. The zero-order valence-corrected chi connectivity index (χ0v) is 7.30. The molecule has 1 rings (SSSR count). The molecule has 1 radical (unpaired) electrons. The van der Waals surface area contributed by atoms with E-state index >= 15 is 0 Å². The van der Waals surface area contributed by atoms with Crippen LogP contribution in [0.1, 0.15) is 12.5 Å². The number of hydrogen-bond acceptors (Lipinski definition) is 1. The van der Waals surface area contributed by atoms with Gasteiger partial charge in [-0.05, 0) is 12.1 Å². The Morgan fingerprint density at radius 3 is 2.36 bits per heavy atom. The van der Waals surface area contributed by atoms with Crippen molar-refractivity contribution in [3.63, 3.8) is 0 Å². The number of rotatable bonds is 3. The van der Waals surface area contributed by atoms with E-state index < -0.39 is 0 Å². The minimum absolute atomic E-state index is 0. The first-order chi connectivity index (χ1) is 4.93. The van der Waals surface area contributed by atoms with Gasteiger partial charge in [0.1, 0.15) is 0 Å². The van der Waals surface area contributed by atoms with Crippen LogP contribution < -0.4 is 5.32 Å². The topological polar surface area (TPSA) is 12.0 Å². The summed E-state index contributed by atoms with van der Waals surface area (Å²) in [5.41, 5.74) is 1.35. The van der Waals surface area contributed by atoms with E-state index in [-0.39, 0.29) is 18.9 Å². The van der Waals surface area contributed by atoms with Crippen molar-refractivity contribution < 1.29 is 0 Å². The summed E-state index contributed by atoms with van der Waals surface area (Å²) in [6, 6.07) is 10.4. The first-order valence-electron chi connectivity index (χ1n) is 3.68. The normalized spacial score (nSPS) is 8.82. The van der Waals surface area contributed by atoms with Gasteiger partial charge in [-0.1, -0.05) is 37.3 Å². The molecule has 1 aromatic carbocycles. The predicted molar refractivity (Wildman–Crippen MR) is 49.6 cm³/mol. The van der Waals surface area contributed by atoms with Gasteiger partial charge in [0.2, 0.25) is 0 Å². The first kappa shape index (κ1) is 10.8. The maximum absolute atomic E-state index is 3.26. The van der Waals surface area contributed by atoms with Gasteiger partial charge < -0.3 is 5.32 Å². The molecule has 0 unspecified atom stereocenters. The molecule has 0 atom stereocenters. The number of hydrogen-bond donors (Lipinski definition) is 1. The molecule has 1 N–H and O–H groups in total. The van der Waals surface area contributed by atoms with Crippen molar-refractivity contribution >= 4 is 18.9 Å². The van der Waals surface area contributed by atoms with E-state index in [0.29, 0.717) is 0 Å². The number of nitrogens with one attached hydrogen (secondary N) is 1. The Hall–Kier alpha value is -0.223. The molecule has 0 aliphatic carbocycles. The van der Waals surface area contributed by atoms with Crippen LogP contribution in [0.25, 0.3) is 0 Å². The third-order valence-electron chi connectivity index (χ3n) is 1.42. The van der Waals surface area contributed by atoms with E-state index in [2.05, 4.69) is 36.5 Å². The quantitative estimate of drug-likeness (QED) is 0.629. The second-order valence-electron chi connectivity index (χ2n) is 2.27. The van der Waals surface area contributed by atoms with E-state index in [1.165, 1.54) is 5.56 Å². The molecule has 0 amide bonds. The molecule has 0 saturated heterocycles. The van der Waals surface area contributed by atoms with Crippen molar-refractivity contribution in [2.45, 2.75) is 13.5 Å². The summed E-state index contributed by atoms with van der Waals surface area (Å²) in [6.07, 6.45) is 0. The molecule has 2 heteroatoms. The molecule has 0 aliphatic rings. The fraction of sp³-hybridized carbons (Fsp3) is 0.333. The summed E-state index contributed by atoms with van der Waals surface area (Å²) < 4.78 is 0. The van der Waals surface area contributed by atoms with Crippen LogP contribution in [-0.4, -0.2) is 25.4 Å². The van der Waals surface area contributed by atoms with Crippen molar-refractivity contribution in [2.24, 2.45) is 0 Å². The molecule has 1 nitrogen and oxygen atoms in total. The van der Waals surface area contributed by atoms with Crippen LogP contribution >= 0.6 is 0 Å². The van der Waals surface area contributed by atoms with Crippen molar-refractivity contribution in [3.05, 3.63) is 35.9 Å². The molecule has 0 fully saturated rings. The summed E-state index contributed by atoms with van der Waals surface area (Å²) in [7, 11) is 0. The second kappa shape index (κ2) is 6.49. The summed E-state index contributed by atoms with van der Waals surface area (Å²) in [5.74, 6) is 0. The summed E-state index contributed by atoms with van der Waals surface area (Å²) in [4.78, 5) is 0. The van der Waals surface area contributed by atoms with Gasteiger partial charge in [0, 0.05) is 25.4 Å². The van der Waals surface area contributed by atoms with Gasteiger partial charge in [0.15, 0.2) is 0 Å². The Bertz CT molecular complexity index is 174. The van der Waals surface area contributed by atoms with Gasteiger partial charge in [-0.2, -0.15) is 0 Å². The smallest absolute Gasteiger partial charge is 0.0205 e. The van der Waals surface area contributed by atoms with Gasteiger partial charge in [0.05, 0.1) is 0 Å². The molecule has 11 heavy (non-hydrogen) atoms. The maximum atomic E-state index is 3.26. The van der Waals surface area contributed by atoms with Gasteiger partial charge in [0.25, 0.3) is 0 Å². The monoisotopic (exact) mass is 142 g/mol. The molecular weight excluding hydrogens is 129 g/mol. The zero-order chi connectivity index (χ0) is 7.23. The Morgan fingerprint density at radius 2 is 1.82 bits per heavy atom. The minimum atomic E-state index is 0. The zero-order valence-electron chi connectivity index (χ0n) is 7.30. The number of benzene rings is 1. The Labute approximate surface area is 80.4 Å². The maximum Gasteiger partial charge on any atom is 0.0205 e. The molecule has 55 valence electrons. The van der Waals surface area contributed by atoms with Crippen LogP contribution in [0.4, 0.5) is 0 Å². The molecule has 0 spiro atoms. The van der Waals surface area contributed by atoms with Crippen LogP contribution in [0.3, 0.4) is 0 Å². The van der Waals surface area contributed by atoms with E-state index in [9.17, 15) is 0 Å². The average molecular weight is 142 g/mol. The fourth-order valence-corrected chi connectivity index (χ4v) is 0.865. The standard InChI is InChI=1S/C9H13N.Li/c1-2-10-8-9-6-4-3-5-7-9;/h3-7,10H,2,8H2,1H3;. The Kier molecular flexibility index (Phi) is 6.35. The van der Waals surface area contributed by atoms with Crippen LogP contribution in [-0.2, 0) is 6.54 Å². The SMILES string of the molecule is CCNCc1ccccc1.[Li]. The third-order valence-corrected chi connectivity index (χ3v) is 1.42. The Morgan fingerprint density at radius 1 is 1.18 bits per heavy atom. The van der Waals surface area contributed by atoms with Crippen molar-refractivity contribution in [1.29, 1.82) is 0 Å². The minimum Gasteiger partial charge on any atom is -0.313 e. The molecular formula is C9H13LiN. The molecule has 0 saturated carbocycles. The van der Waals surface area contributed by atoms with E-state index in [1.54, 1.807) is 0 Å². The van der Waals surface area contributed by atoms with Gasteiger partial charge in [-0.15, -0.1) is 0 Å². The molecule has 0 bridgehead atoms. The summed E-state index contributed by atoms with van der Waals surface area (Å²) in [6.45, 7) is 4.13. The van der Waals surface area contributed by atoms with Crippen LogP contribution in [0.5, 0.6) is 0 Å². The van der Waals surface area contributed by atoms with Gasteiger partial charge >= 0.3 is 0 Å². The first-order valence-corrected chi connectivity index (χ1v) is 3.68. The third kappa shape index (κ3) is 4.26. The van der Waals surface area contributed by atoms with E-state index in [1.807, 2.05) is 6.07 Å². The van der Waals surface area contributed by atoms with Crippen molar-refractivity contribution in [1.82, 2.24) is 5.32 Å². The average Bonchev–Trinajstić information content (AvgIpc) is 2.03. The molecule has 0 aliphatic heterocycles. The molecule has 1 aromatic rings. The van der Waals surface area contributed by atoms with Crippen molar-refractivity contribution in [3.8, 4) is 0 Å². The second-order valence-corrected chi connectivity index (χ2v) is 2.27. The van der Waals surface area contributed by atoms with Crippen molar-refractivity contribution in [2.75, 3.05) is 6.54 Å².